The lowest BCUT2D eigenvalue weighted by atomic mass is 10.1. The summed E-state index contributed by atoms with van der Waals surface area (Å²) < 4.78 is 2.34. The lowest BCUT2D eigenvalue weighted by molar-refractivity contribution is 0.552. The number of aromatic nitrogens is 1. The van der Waals surface area contributed by atoms with E-state index >= 15 is 0 Å². The van der Waals surface area contributed by atoms with Gasteiger partial charge in [0.25, 0.3) is 0 Å². The van der Waals surface area contributed by atoms with E-state index in [1.807, 2.05) is 0 Å². The third-order valence-electron chi connectivity index (χ3n) is 4.06. The van der Waals surface area contributed by atoms with Crippen LogP contribution in [0, 0.1) is 32.1 Å². The molecule has 2 aromatic rings. The molecule has 0 aliphatic heterocycles. The fourth-order valence-corrected chi connectivity index (χ4v) is 2.78. The van der Waals surface area contributed by atoms with Crippen LogP contribution in [0.5, 0.6) is 0 Å². The number of hydrogen-bond donors (Lipinski definition) is 1. The molecule has 0 amide bonds. The minimum Gasteiger partial charge on any atom is -0.344 e. The number of fused-ring (bicyclic) bond motifs is 1. The zero-order valence-corrected chi connectivity index (χ0v) is 13.7. The van der Waals surface area contributed by atoms with Crippen LogP contribution in [-0.4, -0.2) is 11.1 Å². The summed E-state index contributed by atoms with van der Waals surface area (Å²) in [6, 6.07) is 6.77. The SMILES string of the molecule is C#CCCn1c(C)c(C)c2cc(CNCC(C)C)ccc21. The first-order chi connectivity index (χ1) is 10.0. The summed E-state index contributed by atoms with van der Waals surface area (Å²) >= 11 is 0. The Morgan fingerprint density at radius 3 is 2.71 bits per heavy atom. The van der Waals surface area contributed by atoms with Gasteiger partial charge in [0.05, 0.1) is 0 Å². The number of nitrogens with one attached hydrogen (secondary N) is 1. The largest absolute Gasteiger partial charge is 0.344 e. The number of nitrogens with zero attached hydrogens (tertiary/aromatic N) is 1. The smallest absolute Gasteiger partial charge is 0.0485 e. The van der Waals surface area contributed by atoms with Crippen molar-refractivity contribution in [3.63, 3.8) is 0 Å². The van der Waals surface area contributed by atoms with Gasteiger partial charge in [-0.3, -0.25) is 0 Å². The highest BCUT2D eigenvalue weighted by atomic mass is 15.0. The number of hydrogen-bond acceptors (Lipinski definition) is 1. The topological polar surface area (TPSA) is 17.0 Å². The Morgan fingerprint density at radius 2 is 2.05 bits per heavy atom. The molecule has 1 N–H and O–H groups in total. The third-order valence-corrected chi connectivity index (χ3v) is 4.06. The van der Waals surface area contributed by atoms with Gasteiger partial charge in [0.2, 0.25) is 0 Å². The van der Waals surface area contributed by atoms with Crippen molar-refractivity contribution in [1.82, 2.24) is 9.88 Å². The molecule has 0 bridgehead atoms. The Morgan fingerprint density at radius 1 is 1.29 bits per heavy atom. The van der Waals surface area contributed by atoms with Gasteiger partial charge in [0, 0.05) is 36.1 Å². The van der Waals surface area contributed by atoms with Crippen LogP contribution in [-0.2, 0) is 13.1 Å². The first-order valence-electron chi connectivity index (χ1n) is 7.77. The summed E-state index contributed by atoms with van der Waals surface area (Å²) in [6.07, 6.45) is 6.19. The zero-order valence-electron chi connectivity index (χ0n) is 13.7. The van der Waals surface area contributed by atoms with Crippen LogP contribution in [0.1, 0.15) is 37.1 Å². The second kappa shape index (κ2) is 6.83. The molecule has 0 atom stereocenters. The lowest BCUT2D eigenvalue weighted by Crippen LogP contribution is -2.18. The average Bonchev–Trinajstić information content (AvgIpc) is 2.69. The molecule has 2 rings (SSSR count). The summed E-state index contributed by atoms with van der Waals surface area (Å²) in [5.41, 5.74) is 5.34. The fourth-order valence-electron chi connectivity index (χ4n) is 2.78. The van der Waals surface area contributed by atoms with Crippen molar-refractivity contribution in [3.05, 3.63) is 35.0 Å². The number of benzene rings is 1. The van der Waals surface area contributed by atoms with Gasteiger partial charge in [-0.05, 0) is 49.6 Å². The fraction of sp³-hybridized carbons (Fsp3) is 0.474. The first kappa shape index (κ1) is 15.7. The molecule has 1 aromatic heterocycles. The monoisotopic (exact) mass is 282 g/mol. The van der Waals surface area contributed by atoms with E-state index in [0.29, 0.717) is 5.92 Å². The standard InChI is InChI=1S/C19H26N2/c1-6-7-10-21-16(5)15(4)18-11-17(8-9-19(18)21)13-20-12-14(2)3/h1,8-9,11,14,20H,7,10,12-13H2,2-5H3. The number of terminal acetylenes is 1. The Labute approximate surface area is 128 Å². The van der Waals surface area contributed by atoms with Gasteiger partial charge >= 0.3 is 0 Å². The van der Waals surface area contributed by atoms with E-state index in [9.17, 15) is 0 Å². The highest BCUT2D eigenvalue weighted by molar-refractivity contribution is 5.86. The van der Waals surface area contributed by atoms with E-state index in [2.05, 4.69) is 61.7 Å². The maximum absolute atomic E-state index is 5.41. The van der Waals surface area contributed by atoms with Gasteiger partial charge in [0.1, 0.15) is 0 Å². The molecule has 112 valence electrons. The summed E-state index contributed by atoms with van der Waals surface area (Å²) in [5.74, 6) is 3.42. The van der Waals surface area contributed by atoms with Crippen LogP contribution < -0.4 is 5.32 Å². The molecule has 2 heteroatoms. The van der Waals surface area contributed by atoms with Crippen LogP contribution in [0.15, 0.2) is 18.2 Å². The molecular weight excluding hydrogens is 256 g/mol. The van der Waals surface area contributed by atoms with Gasteiger partial charge in [-0.25, -0.2) is 0 Å². The summed E-state index contributed by atoms with van der Waals surface area (Å²) in [4.78, 5) is 0. The highest BCUT2D eigenvalue weighted by Crippen LogP contribution is 2.26. The summed E-state index contributed by atoms with van der Waals surface area (Å²) in [6.45, 7) is 11.7. The van der Waals surface area contributed by atoms with E-state index in [0.717, 1.165) is 26.1 Å². The van der Waals surface area contributed by atoms with Crippen molar-refractivity contribution < 1.29 is 0 Å². The van der Waals surface area contributed by atoms with Gasteiger partial charge < -0.3 is 9.88 Å². The molecule has 0 aliphatic carbocycles. The molecule has 1 heterocycles. The van der Waals surface area contributed by atoms with Crippen molar-refractivity contribution >= 4 is 10.9 Å². The quantitative estimate of drug-likeness (QED) is 0.792. The summed E-state index contributed by atoms with van der Waals surface area (Å²) in [7, 11) is 0. The minimum absolute atomic E-state index is 0.683. The van der Waals surface area contributed by atoms with Gasteiger partial charge in [-0.2, -0.15) is 0 Å². The molecule has 0 unspecified atom stereocenters. The van der Waals surface area contributed by atoms with E-state index < -0.39 is 0 Å². The van der Waals surface area contributed by atoms with Gasteiger partial charge in [0.15, 0.2) is 0 Å². The molecule has 0 spiro atoms. The molecule has 21 heavy (non-hydrogen) atoms. The molecule has 0 radical (unpaired) electrons. The van der Waals surface area contributed by atoms with Gasteiger partial charge in [-0.1, -0.05) is 19.9 Å². The number of aryl methyl sites for hydroxylation is 2. The Bertz CT molecular complexity index is 656. The second-order valence-electron chi connectivity index (χ2n) is 6.19. The molecule has 2 nitrogen and oxygen atoms in total. The minimum atomic E-state index is 0.683. The van der Waals surface area contributed by atoms with Crippen LogP contribution in [0.2, 0.25) is 0 Å². The molecule has 1 aromatic carbocycles. The van der Waals surface area contributed by atoms with E-state index in [4.69, 9.17) is 6.42 Å². The maximum Gasteiger partial charge on any atom is 0.0485 e. The van der Waals surface area contributed by atoms with Crippen molar-refractivity contribution in [3.8, 4) is 12.3 Å². The second-order valence-corrected chi connectivity index (χ2v) is 6.19. The molecule has 0 saturated heterocycles. The van der Waals surface area contributed by atoms with Crippen molar-refractivity contribution in [1.29, 1.82) is 0 Å². The van der Waals surface area contributed by atoms with E-state index in [1.165, 1.54) is 27.7 Å². The van der Waals surface area contributed by atoms with Crippen LogP contribution in [0.25, 0.3) is 10.9 Å². The molecular formula is C19H26N2. The number of rotatable bonds is 6. The highest BCUT2D eigenvalue weighted by Gasteiger charge is 2.10. The van der Waals surface area contributed by atoms with E-state index in [-0.39, 0.29) is 0 Å². The maximum atomic E-state index is 5.41. The van der Waals surface area contributed by atoms with Crippen molar-refractivity contribution in [2.75, 3.05) is 6.54 Å². The molecule has 0 fully saturated rings. The van der Waals surface area contributed by atoms with Crippen LogP contribution >= 0.6 is 0 Å². The van der Waals surface area contributed by atoms with Gasteiger partial charge in [-0.15, -0.1) is 12.3 Å². The van der Waals surface area contributed by atoms with Crippen LogP contribution in [0.4, 0.5) is 0 Å². The van der Waals surface area contributed by atoms with Crippen molar-refractivity contribution in [2.24, 2.45) is 5.92 Å². The first-order valence-corrected chi connectivity index (χ1v) is 7.77. The van der Waals surface area contributed by atoms with Crippen LogP contribution in [0.3, 0.4) is 0 Å². The zero-order chi connectivity index (χ0) is 15.4. The normalized spacial score (nSPS) is 11.2. The predicted octanol–water partition coefficient (Wildman–Crippen LogP) is 4.03. The Balaban J connectivity index is 2.27. The molecule has 0 saturated carbocycles. The predicted molar refractivity (Wildman–Crippen MR) is 91.4 cm³/mol. The Kier molecular flexibility index (Phi) is 5.09. The summed E-state index contributed by atoms with van der Waals surface area (Å²) in [5, 5.41) is 4.86. The molecule has 0 aliphatic rings. The van der Waals surface area contributed by atoms with E-state index in [1.54, 1.807) is 0 Å². The lowest BCUT2D eigenvalue weighted by Gasteiger charge is -2.09. The average molecular weight is 282 g/mol. The van der Waals surface area contributed by atoms with Crippen molar-refractivity contribution in [2.45, 2.75) is 47.2 Å². The Hall–Kier alpha value is -1.72. The third kappa shape index (κ3) is 3.49.